The van der Waals surface area contributed by atoms with Gasteiger partial charge >= 0.3 is 0 Å². The number of hydrogen-bond acceptors (Lipinski definition) is 8. The number of anilines is 1. The Kier molecular flexibility index (Phi) is 11.2. The van der Waals surface area contributed by atoms with Crippen LogP contribution in [0.3, 0.4) is 0 Å². The fraction of sp³-hybridized carbons (Fsp3) is 0.481. The number of fused-ring (bicyclic) bond motifs is 1. The van der Waals surface area contributed by atoms with Crippen molar-refractivity contribution in [2.24, 2.45) is 0 Å². The second-order valence-electron chi connectivity index (χ2n) is 9.19. The summed E-state index contributed by atoms with van der Waals surface area (Å²) in [6.07, 6.45) is 1.35. The Morgan fingerprint density at radius 3 is 2.41 bits per heavy atom. The monoisotopic (exact) mass is 513 g/mol. The first-order valence-corrected chi connectivity index (χ1v) is 12.9. The molecule has 0 bridgehead atoms. The molecule has 1 aliphatic rings. The van der Waals surface area contributed by atoms with Crippen LogP contribution < -0.4 is 16.0 Å². The summed E-state index contributed by atoms with van der Waals surface area (Å²) in [6.45, 7) is 5.39. The molecule has 1 aliphatic heterocycles. The lowest BCUT2D eigenvalue weighted by Crippen LogP contribution is -2.48. The predicted octanol–water partition coefficient (Wildman–Crippen LogP) is 1.81. The Bertz CT molecular complexity index is 1000. The predicted molar refractivity (Wildman–Crippen MR) is 142 cm³/mol. The summed E-state index contributed by atoms with van der Waals surface area (Å²) in [6, 6.07) is 13.5. The SMILES string of the molecule is CC(=O)N(CCCCNCCCNC(=O)c1ccc(O)cc1)CCCN1C(O)Nc2ccccc2C1O. The van der Waals surface area contributed by atoms with Crippen molar-refractivity contribution in [1.82, 2.24) is 20.4 Å². The Morgan fingerprint density at radius 1 is 0.946 bits per heavy atom. The van der Waals surface area contributed by atoms with E-state index in [4.69, 9.17) is 0 Å². The molecule has 0 saturated heterocycles. The van der Waals surface area contributed by atoms with Gasteiger partial charge in [-0.2, -0.15) is 0 Å². The van der Waals surface area contributed by atoms with E-state index >= 15 is 0 Å². The van der Waals surface area contributed by atoms with Crippen LogP contribution in [0.2, 0.25) is 0 Å². The molecule has 2 aromatic carbocycles. The number of amides is 2. The number of rotatable bonds is 14. The largest absolute Gasteiger partial charge is 0.508 e. The highest BCUT2D eigenvalue weighted by Crippen LogP contribution is 2.31. The van der Waals surface area contributed by atoms with E-state index in [1.165, 1.54) is 12.1 Å². The number of unbranched alkanes of at least 4 members (excludes halogenated alkanes) is 1. The van der Waals surface area contributed by atoms with Crippen molar-refractivity contribution in [1.29, 1.82) is 0 Å². The Labute approximate surface area is 218 Å². The molecule has 0 aliphatic carbocycles. The third-order valence-electron chi connectivity index (χ3n) is 6.42. The number of carbonyl (C=O) groups excluding carboxylic acids is 2. The maximum atomic E-state index is 12.1. The molecular weight excluding hydrogens is 474 g/mol. The van der Waals surface area contributed by atoms with E-state index in [2.05, 4.69) is 16.0 Å². The summed E-state index contributed by atoms with van der Waals surface area (Å²) >= 11 is 0. The van der Waals surface area contributed by atoms with Gasteiger partial charge in [0, 0.05) is 49.9 Å². The van der Waals surface area contributed by atoms with Crippen LogP contribution in [0, 0.1) is 0 Å². The number of phenols is 1. The Hall–Kier alpha value is -3.18. The van der Waals surface area contributed by atoms with E-state index in [-0.39, 0.29) is 17.6 Å². The fourth-order valence-corrected chi connectivity index (χ4v) is 4.31. The first-order chi connectivity index (χ1) is 17.9. The molecule has 2 aromatic rings. The first kappa shape index (κ1) is 28.4. The highest BCUT2D eigenvalue weighted by Gasteiger charge is 2.31. The number of phenolic OH excluding ortho intramolecular Hbond substituents is 1. The van der Waals surface area contributed by atoms with Gasteiger partial charge in [0.1, 0.15) is 12.0 Å². The van der Waals surface area contributed by atoms with Crippen LogP contribution in [0.25, 0.3) is 0 Å². The second-order valence-corrected chi connectivity index (χ2v) is 9.19. The molecule has 0 spiro atoms. The molecular formula is C27H39N5O5. The number of hydrogen-bond donors (Lipinski definition) is 6. The van der Waals surface area contributed by atoms with Gasteiger partial charge in [0.2, 0.25) is 5.91 Å². The minimum absolute atomic E-state index is 0.0144. The zero-order valence-electron chi connectivity index (χ0n) is 21.4. The van der Waals surface area contributed by atoms with Gasteiger partial charge < -0.3 is 36.2 Å². The summed E-state index contributed by atoms with van der Waals surface area (Å²) < 4.78 is 0. The third-order valence-corrected chi connectivity index (χ3v) is 6.42. The standard InChI is InChI=1S/C27H39N5O5/c1-20(33)31(18-7-19-32-26(36)23-8-2-3-9-24(23)30-27(32)37)17-5-4-14-28-15-6-16-29-25(35)21-10-12-22(34)13-11-21/h2-3,8-13,26-28,30,34,36-37H,4-7,14-19H2,1H3,(H,29,35). The number of benzene rings is 2. The highest BCUT2D eigenvalue weighted by atomic mass is 16.3. The van der Waals surface area contributed by atoms with E-state index in [0.717, 1.165) is 43.6 Å². The van der Waals surface area contributed by atoms with Crippen molar-refractivity contribution in [3.8, 4) is 5.75 Å². The summed E-state index contributed by atoms with van der Waals surface area (Å²) in [5, 5.41) is 39.5. The van der Waals surface area contributed by atoms with Crippen molar-refractivity contribution < 1.29 is 24.9 Å². The molecule has 202 valence electrons. The minimum Gasteiger partial charge on any atom is -0.508 e. The van der Waals surface area contributed by atoms with E-state index in [1.807, 2.05) is 29.2 Å². The van der Waals surface area contributed by atoms with Crippen LogP contribution in [-0.4, -0.2) is 82.6 Å². The van der Waals surface area contributed by atoms with Crippen molar-refractivity contribution in [3.63, 3.8) is 0 Å². The number of nitrogens with one attached hydrogen (secondary N) is 3. The van der Waals surface area contributed by atoms with Crippen LogP contribution in [-0.2, 0) is 4.79 Å². The number of aliphatic hydroxyl groups is 2. The van der Waals surface area contributed by atoms with E-state index < -0.39 is 12.6 Å². The first-order valence-electron chi connectivity index (χ1n) is 12.9. The Balaban J connectivity index is 1.25. The lowest BCUT2D eigenvalue weighted by molar-refractivity contribution is -0.129. The lowest BCUT2D eigenvalue weighted by Gasteiger charge is -2.39. The van der Waals surface area contributed by atoms with Gasteiger partial charge in [-0.25, -0.2) is 4.90 Å². The van der Waals surface area contributed by atoms with E-state index in [1.54, 1.807) is 24.0 Å². The number of aromatic hydroxyl groups is 1. The summed E-state index contributed by atoms with van der Waals surface area (Å²) in [4.78, 5) is 27.5. The molecule has 37 heavy (non-hydrogen) atoms. The average Bonchev–Trinajstić information content (AvgIpc) is 2.88. The molecule has 0 fully saturated rings. The van der Waals surface area contributed by atoms with Crippen molar-refractivity contribution in [3.05, 3.63) is 59.7 Å². The van der Waals surface area contributed by atoms with Crippen molar-refractivity contribution in [2.45, 2.75) is 45.2 Å². The molecule has 10 nitrogen and oxygen atoms in total. The molecule has 3 rings (SSSR count). The van der Waals surface area contributed by atoms with Gasteiger partial charge in [0.15, 0.2) is 6.35 Å². The van der Waals surface area contributed by atoms with Crippen LogP contribution in [0.15, 0.2) is 48.5 Å². The molecule has 0 aromatic heterocycles. The van der Waals surface area contributed by atoms with Gasteiger partial charge in [-0.05, 0) is 69.1 Å². The molecule has 6 N–H and O–H groups in total. The number of carbonyl (C=O) groups is 2. The summed E-state index contributed by atoms with van der Waals surface area (Å²) in [7, 11) is 0. The van der Waals surface area contributed by atoms with Gasteiger partial charge in [0.25, 0.3) is 5.91 Å². The maximum absolute atomic E-state index is 12.1. The van der Waals surface area contributed by atoms with Gasteiger partial charge in [-0.15, -0.1) is 0 Å². The third kappa shape index (κ3) is 8.71. The van der Waals surface area contributed by atoms with Crippen LogP contribution >= 0.6 is 0 Å². The molecule has 2 atom stereocenters. The normalized spacial score (nSPS) is 17.1. The topological polar surface area (TPSA) is 137 Å². The van der Waals surface area contributed by atoms with Crippen LogP contribution in [0.4, 0.5) is 5.69 Å². The summed E-state index contributed by atoms with van der Waals surface area (Å²) in [5.41, 5.74) is 1.96. The van der Waals surface area contributed by atoms with Gasteiger partial charge in [0.05, 0.1) is 0 Å². The second kappa shape index (κ2) is 14.5. The lowest BCUT2D eigenvalue weighted by atomic mass is 10.1. The number of nitrogens with zero attached hydrogens (tertiary/aromatic N) is 2. The average molecular weight is 514 g/mol. The molecule has 1 heterocycles. The van der Waals surface area contributed by atoms with Crippen LogP contribution in [0.5, 0.6) is 5.75 Å². The van der Waals surface area contributed by atoms with Gasteiger partial charge in [-0.3, -0.25) is 9.59 Å². The van der Waals surface area contributed by atoms with Crippen molar-refractivity contribution >= 4 is 17.5 Å². The zero-order chi connectivity index (χ0) is 26.6. The molecule has 0 saturated carbocycles. The quantitative estimate of drug-likeness (QED) is 0.211. The maximum Gasteiger partial charge on any atom is 0.251 e. The van der Waals surface area contributed by atoms with Crippen LogP contribution in [0.1, 0.15) is 54.8 Å². The number of para-hydroxylation sites is 1. The summed E-state index contributed by atoms with van der Waals surface area (Å²) in [5.74, 6) is -0.0106. The molecule has 0 radical (unpaired) electrons. The van der Waals surface area contributed by atoms with Crippen molar-refractivity contribution in [2.75, 3.05) is 44.6 Å². The minimum atomic E-state index is -0.983. The molecule has 2 unspecified atom stereocenters. The number of aliphatic hydroxyl groups excluding tert-OH is 2. The fourth-order valence-electron chi connectivity index (χ4n) is 4.31. The highest BCUT2D eigenvalue weighted by molar-refractivity contribution is 5.94. The smallest absolute Gasteiger partial charge is 0.251 e. The molecule has 10 heteroatoms. The zero-order valence-corrected chi connectivity index (χ0v) is 21.4. The van der Waals surface area contributed by atoms with E-state index in [9.17, 15) is 24.9 Å². The molecule has 2 amide bonds. The Morgan fingerprint density at radius 2 is 1.65 bits per heavy atom. The van der Waals surface area contributed by atoms with E-state index in [0.29, 0.717) is 38.2 Å². The van der Waals surface area contributed by atoms with Gasteiger partial charge in [-0.1, -0.05) is 18.2 Å².